The number of esters is 2. The Morgan fingerprint density at radius 3 is 1.81 bits per heavy atom. The molecule has 0 bridgehead atoms. The van der Waals surface area contributed by atoms with Crippen molar-refractivity contribution in [3.05, 3.63) is 68.4 Å². The van der Waals surface area contributed by atoms with E-state index in [2.05, 4.69) is 17.2 Å². The zero-order valence-corrected chi connectivity index (χ0v) is 31.6. The summed E-state index contributed by atoms with van der Waals surface area (Å²) in [5.41, 5.74) is -3.27. The maximum Gasteiger partial charge on any atom is 0.336 e. The van der Waals surface area contributed by atoms with Crippen LogP contribution in [0.2, 0.25) is 0 Å². The molecule has 53 heavy (non-hydrogen) atoms. The molecule has 1 aromatic carbocycles. The van der Waals surface area contributed by atoms with Crippen molar-refractivity contribution in [3.8, 4) is 0 Å². The molecule has 4 N–H and O–H groups in total. The highest BCUT2D eigenvalue weighted by molar-refractivity contribution is 5.94. The molecule has 294 valence electrons. The molecule has 2 rings (SSSR count). The summed E-state index contributed by atoms with van der Waals surface area (Å²) < 4.78 is 12.6. The van der Waals surface area contributed by atoms with E-state index in [1.807, 2.05) is 27.7 Å². The molecule has 0 aliphatic rings. The lowest BCUT2D eigenvalue weighted by Crippen LogP contribution is -2.57. The number of aliphatic hydroxyl groups is 2. The number of carbonyl (C=O) groups is 4. The van der Waals surface area contributed by atoms with Crippen LogP contribution < -0.4 is 27.7 Å². The predicted octanol–water partition coefficient (Wildman–Crippen LogP) is 2.71. The van der Waals surface area contributed by atoms with Gasteiger partial charge in [0.15, 0.2) is 0 Å². The third kappa shape index (κ3) is 14.3. The summed E-state index contributed by atoms with van der Waals surface area (Å²) in [6.07, 6.45) is 0.386. The van der Waals surface area contributed by atoms with Crippen LogP contribution in [0.1, 0.15) is 92.9 Å². The van der Waals surface area contributed by atoms with E-state index in [4.69, 9.17) is 9.47 Å². The topological polar surface area (TPSA) is 217 Å². The predicted molar refractivity (Wildman–Crippen MR) is 198 cm³/mol. The smallest absolute Gasteiger partial charge is 0.336 e. The molecule has 2 aromatic rings. The molecule has 16 heteroatoms. The fraction of sp³-hybridized carbons (Fsp3) is 0.595. The minimum Gasteiger partial charge on any atom is -0.463 e. The van der Waals surface area contributed by atoms with Gasteiger partial charge in [0, 0.05) is 37.1 Å². The summed E-state index contributed by atoms with van der Waals surface area (Å²) >= 11 is 0. The Kier molecular flexibility index (Phi) is 17.1. The average Bonchev–Trinajstić information content (AvgIpc) is 3.09. The number of carbonyl (C=O) groups excluding carboxylic acids is 4. The highest BCUT2D eigenvalue weighted by Crippen LogP contribution is 2.25. The van der Waals surface area contributed by atoms with Gasteiger partial charge in [-0.25, -0.2) is 28.1 Å². The average molecular weight is 746 g/mol. The molecule has 1 heterocycles. The van der Waals surface area contributed by atoms with Gasteiger partial charge in [0.2, 0.25) is 11.8 Å². The van der Waals surface area contributed by atoms with E-state index in [1.165, 1.54) is 6.08 Å². The molecule has 1 aromatic heterocycles. The largest absolute Gasteiger partial charge is 0.463 e. The maximum atomic E-state index is 13.2. The van der Waals surface area contributed by atoms with E-state index in [0.717, 1.165) is 9.13 Å². The van der Waals surface area contributed by atoms with Crippen molar-refractivity contribution in [2.45, 2.75) is 130 Å². The highest BCUT2D eigenvalue weighted by Gasteiger charge is 2.29. The van der Waals surface area contributed by atoms with Crippen LogP contribution in [-0.4, -0.2) is 72.1 Å². The van der Waals surface area contributed by atoms with Gasteiger partial charge >= 0.3 is 29.0 Å². The van der Waals surface area contributed by atoms with E-state index >= 15 is 0 Å². The van der Waals surface area contributed by atoms with Crippen molar-refractivity contribution in [3.63, 3.8) is 0 Å². The molecule has 0 radical (unpaired) electrons. The summed E-state index contributed by atoms with van der Waals surface area (Å²) in [7, 11) is 0. The van der Waals surface area contributed by atoms with Gasteiger partial charge in [0.1, 0.15) is 18.3 Å². The van der Waals surface area contributed by atoms with Crippen molar-refractivity contribution in [1.82, 2.24) is 13.7 Å². The van der Waals surface area contributed by atoms with Crippen molar-refractivity contribution in [2.24, 2.45) is 5.41 Å². The van der Waals surface area contributed by atoms with Crippen LogP contribution in [0.15, 0.2) is 51.3 Å². The number of benzene rings is 1. The van der Waals surface area contributed by atoms with Crippen LogP contribution in [-0.2, 0) is 48.3 Å². The molecule has 0 saturated carbocycles. The quantitative estimate of drug-likeness (QED) is 0.101. The number of rotatable bonds is 22. The standard InChI is InChI=1S/C37H55N5O11/c1-8-20-40-33(49)41(35(51)42(34(40)50)23-28(44)36(4,5)9-2)22-27(43)24-52-31(47)18-12-16-29(45)38-25-14-11-15-26(21-25)39-30(46)17-13-19-32(48)53-37(6,7)10-3/h8,11,14-15,21,27-28,43-44H,1,9-10,12-13,16-20,22-24H2,2-7H3,(H,38,45)(H,39,46). The lowest BCUT2D eigenvalue weighted by atomic mass is 9.84. The maximum absolute atomic E-state index is 13.2. The number of amides is 2. The summed E-state index contributed by atoms with van der Waals surface area (Å²) in [4.78, 5) is 88.3. The molecular weight excluding hydrogens is 690 g/mol. The first-order chi connectivity index (χ1) is 24.8. The second-order valence-corrected chi connectivity index (χ2v) is 14.1. The highest BCUT2D eigenvalue weighted by atomic mass is 16.6. The Morgan fingerprint density at radius 2 is 1.30 bits per heavy atom. The van der Waals surface area contributed by atoms with Gasteiger partial charge in [0.05, 0.1) is 25.7 Å². The molecule has 2 amide bonds. The number of allylic oxidation sites excluding steroid dienone is 1. The molecule has 0 fully saturated rings. The first-order valence-corrected chi connectivity index (χ1v) is 17.8. The number of nitrogens with one attached hydrogen (secondary N) is 2. The Morgan fingerprint density at radius 1 is 0.792 bits per heavy atom. The fourth-order valence-corrected chi connectivity index (χ4v) is 4.80. The van der Waals surface area contributed by atoms with Gasteiger partial charge in [0.25, 0.3) is 0 Å². The fourth-order valence-electron chi connectivity index (χ4n) is 4.80. The van der Waals surface area contributed by atoms with Crippen LogP contribution in [0.5, 0.6) is 0 Å². The molecule has 2 unspecified atom stereocenters. The first-order valence-electron chi connectivity index (χ1n) is 17.8. The summed E-state index contributed by atoms with van der Waals surface area (Å²) in [5.74, 6) is -1.79. The lowest BCUT2D eigenvalue weighted by molar-refractivity contribution is -0.156. The van der Waals surface area contributed by atoms with Crippen molar-refractivity contribution >= 4 is 35.1 Å². The molecule has 16 nitrogen and oxygen atoms in total. The van der Waals surface area contributed by atoms with Gasteiger partial charge in [-0.3, -0.25) is 19.2 Å². The monoisotopic (exact) mass is 745 g/mol. The van der Waals surface area contributed by atoms with E-state index in [0.29, 0.717) is 35.2 Å². The van der Waals surface area contributed by atoms with Gasteiger partial charge < -0.3 is 30.3 Å². The van der Waals surface area contributed by atoms with Crippen LogP contribution in [0, 0.1) is 5.41 Å². The lowest BCUT2D eigenvalue weighted by Gasteiger charge is -2.29. The molecular formula is C37H55N5O11. The molecule has 0 spiro atoms. The zero-order valence-electron chi connectivity index (χ0n) is 31.6. The number of aromatic nitrogens is 3. The number of ether oxygens (including phenoxy) is 2. The molecule has 0 aliphatic carbocycles. The molecule has 0 aliphatic heterocycles. The Hall–Kier alpha value is -4.83. The van der Waals surface area contributed by atoms with Gasteiger partial charge in [-0.1, -0.05) is 39.8 Å². The zero-order chi connectivity index (χ0) is 39.9. The number of aliphatic hydroxyl groups excluding tert-OH is 2. The normalized spacial score (nSPS) is 12.8. The number of hydrogen-bond donors (Lipinski definition) is 4. The SMILES string of the molecule is C=CCn1c(=O)n(CC(O)COC(=O)CCCC(=O)Nc2cccc(NC(=O)CCCC(=O)OC(C)(C)CC)c2)c(=O)n(CC(O)C(C)(C)CC)c1=O. The van der Waals surface area contributed by atoms with Crippen molar-refractivity contribution in [1.29, 1.82) is 0 Å². The number of nitrogens with zero attached hydrogens (tertiary/aromatic N) is 3. The minimum absolute atomic E-state index is 0.0420. The number of hydrogen-bond acceptors (Lipinski definition) is 11. The van der Waals surface area contributed by atoms with E-state index in [1.54, 1.807) is 38.1 Å². The van der Waals surface area contributed by atoms with Crippen LogP contribution >= 0.6 is 0 Å². The Labute approximate surface area is 308 Å². The van der Waals surface area contributed by atoms with Crippen LogP contribution in [0.25, 0.3) is 0 Å². The molecule has 2 atom stereocenters. The van der Waals surface area contributed by atoms with Gasteiger partial charge in [-0.05, 0) is 63.1 Å². The first kappa shape index (κ1) is 44.3. The van der Waals surface area contributed by atoms with Crippen molar-refractivity contribution in [2.75, 3.05) is 17.2 Å². The summed E-state index contributed by atoms with van der Waals surface area (Å²) in [6.45, 7) is 12.7. The minimum atomic E-state index is -1.49. The second-order valence-electron chi connectivity index (χ2n) is 14.1. The van der Waals surface area contributed by atoms with Crippen molar-refractivity contribution < 1.29 is 38.9 Å². The molecule has 0 saturated heterocycles. The van der Waals surface area contributed by atoms with Gasteiger partial charge in [-0.2, -0.15) is 0 Å². The van der Waals surface area contributed by atoms with Crippen LogP contribution in [0.4, 0.5) is 11.4 Å². The van der Waals surface area contributed by atoms with Gasteiger partial charge in [-0.15, -0.1) is 6.58 Å². The van der Waals surface area contributed by atoms with E-state index < -0.39 is 65.3 Å². The second kappa shape index (κ2) is 20.4. The summed E-state index contributed by atoms with van der Waals surface area (Å²) in [5, 5.41) is 26.7. The van der Waals surface area contributed by atoms with E-state index in [9.17, 15) is 43.8 Å². The third-order valence-electron chi connectivity index (χ3n) is 8.94. The Balaban J connectivity index is 1.86. The third-order valence-corrected chi connectivity index (χ3v) is 8.94. The van der Waals surface area contributed by atoms with E-state index in [-0.39, 0.29) is 57.1 Å². The number of anilines is 2. The Bertz CT molecular complexity index is 1770. The van der Waals surface area contributed by atoms with Crippen LogP contribution in [0.3, 0.4) is 0 Å². The summed E-state index contributed by atoms with van der Waals surface area (Å²) in [6, 6.07) is 6.50.